The number of carbonyl (C=O) groups is 1. The number of hydrogen-bond acceptors (Lipinski definition) is 4. The summed E-state index contributed by atoms with van der Waals surface area (Å²) < 4.78 is 6.60. The van der Waals surface area contributed by atoms with Crippen molar-refractivity contribution in [3.63, 3.8) is 0 Å². The molecule has 0 aliphatic carbocycles. The summed E-state index contributed by atoms with van der Waals surface area (Å²) in [6, 6.07) is 9.69. The Labute approximate surface area is 190 Å². The monoisotopic (exact) mass is 444 g/mol. The fourth-order valence-electron chi connectivity index (χ4n) is 4.47. The van der Waals surface area contributed by atoms with Crippen LogP contribution < -0.4 is 5.56 Å². The van der Waals surface area contributed by atoms with Crippen LogP contribution in [0.5, 0.6) is 0 Å². The molecule has 1 saturated heterocycles. The number of likely N-dealkylation sites (tertiary alicyclic amines) is 1. The first-order valence-electron chi connectivity index (χ1n) is 11.1. The highest BCUT2D eigenvalue weighted by atomic mass is 35.5. The summed E-state index contributed by atoms with van der Waals surface area (Å²) in [5.41, 5.74) is 3.16. The van der Waals surface area contributed by atoms with Crippen molar-refractivity contribution in [3.05, 3.63) is 68.1 Å². The third kappa shape index (κ3) is 5.78. The number of ether oxygens (including phenoxy) is 1. The highest BCUT2D eigenvalue weighted by molar-refractivity contribution is 6.31. The van der Waals surface area contributed by atoms with Crippen LogP contribution in [0.4, 0.5) is 0 Å². The smallest absolute Gasteiger partial charge is 0.337 e. The van der Waals surface area contributed by atoms with E-state index in [9.17, 15) is 9.59 Å². The molecule has 0 radical (unpaired) electrons. The molecule has 31 heavy (non-hydrogen) atoms. The van der Waals surface area contributed by atoms with E-state index in [1.54, 1.807) is 18.2 Å². The summed E-state index contributed by atoms with van der Waals surface area (Å²) in [5, 5.41) is 0.660. The van der Waals surface area contributed by atoms with E-state index in [0.29, 0.717) is 47.6 Å². The fraction of sp³-hybridized carbons (Fsp3) is 0.520. The van der Waals surface area contributed by atoms with Crippen LogP contribution in [0.1, 0.15) is 60.3 Å². The van der Waals surface area contributed by atoms with E-state index in [1.807, 2.05) is 23.6 Å². The summed E-state index contributed by atoms with van der Waals surface area (Å²) in [6.45, 7) is 8.64. The van der Waals surface area contributed by atoms with E-state index in [0.717, 1.165) is 17.8 Å². The van der Waals surface area contributed by atoms with Crippen LogP contribution in [0.3, 0.4) is 0 Å². The second-order valence-corrected chi connectivity index (χ2v) is 9.32. The lowest BCUT2D eigenvalue weighted by Gasteiger charge is -2.28. The molecule has 0 N–H and O–H groups in total. The molecule has 2 aromatic rings. The molecule has 0 saturated carbocycles. The summed E-state index contributed by atoms with van der Waals surface area (Å²) >= 11 is 6.65. The van der Waals surface area contributed by atoms with Gasteiger partial charge in [0.2, 0.25) is 0 Å². The number of aryl methyl sites for hydroxylation is 2. The molecule has 1 fully saturated rings. The molecule has 0 unspecified atom stereocenters. The molecular formula is C25H33ClN2O3. The Morgan fingerprint density at radius 3 is 2.61 bits per heavy atom. The first-order chi connectivity index (χ1) is 14.8. The Morgan fingerprint density at radius 1 is 1.26 bits per heavy atom. The zero-order chi connectivity index (χ0) is 22.5. The lowest BCUT2D eigenvalue weighted by atomic mass is 10.0. The number of pyridine rings is 1. The van der Waals surface area contributed by atoms with E-state index < -0.39 is 0 Å². The van der Waals surface area contributed by atoms with E-state index >= 15 is 0 Å². The fourth-order valence-corrected chi connectivity index (χ4v) is 4.80. The van der Waals surface area contributed by atoms with Gasteiger partial charge in [-0.2, -0.15) is 0 Å². The van der Waals surface area contributed by atoms with Crippen LogP contribution in [0.15, 0.2) is 35.1 Å². The maximum atomic E-state index is 13.0. The third-order valence-corrected chi connectivity index (χ3v) is 6.45. The van der Waals surface area contributed by atoms with Crippen LogP contribution in [0.25, 0.3) is 0 Å². The van der Waals surface area contributed by atoms with E-state index in [4.69, 9.17) is 16.3 Å². The van der Waals surface area contributed by atoms with Gasteiger partial charge in [0.1, 0.15) is 0 Å². The summed E-state index contributed by atoms with van der Waals surface area (Å²) in [6.07, 6.45) is 4.25. The Balaban J connectivity index is 1.81. The van der Waals surface area contributed by atoms with Crippen molar-refractivity contribution in [1.29, 1.82) is 0 Å². The molecule has 3 rings (SSSR count). The van der Waals surface area contributed by atoms with E-state index in [2.05, 4.69) is 18.7 Å². The minimum atomic E-state index is -0.350. The van der Waals surface area contributed by atoms with E-state index in [-0.39, 0.29) is 11.5 Å². The van der Waals surface area contributed by atoms with Gasteiger partial charge in [-0.05, 0) is 68.8 Å². The van der Waals surface area contributed by atoms with Crippen molar-refractivity contribution in [2.45, 2.75) is 65.6 Å². The zero-order valence-electron chi connectivity index (χ0n) is 19.0. The first kappa shape index (κ1) is 23.6. The van der Waals surface area contributed by atoms with Gasteiger partial charge in [-0.25, -0.2) is 4.79 Å². The molecule has 6 heteroatoms. The van der Waals surface area contributed by atoms with Gasteiger partial charge in [-0.3, -0.25) is 9.69 Å². The quantitative estimate of drug-likeness (QED) is 0.546. The zero-order valence-corrected chi connectivity index (χ0v) is 19.7. The molecular weight excluding hydrogens is 412 g/mol. The predicted octanol–water partition coefficient (Wildman–Crippen LogP) is 4.85. The van der Waals surface area contributed by atoms with E-state index in [1.165, 1.54) is 26.4 Å². The second-order valence-electron chi connectivity index (χ2n) is 8.91. The number of nitrogens with zero attached hydrogens (tertiary/aromatic N) is 2. The lowest BCUT2D eigenvalue weighted by molar-refractivity contribution is 0.0600. The molecule has 0 spiro atoms. The molecule has 2 heterocycles. The maximum absolute atomic E-state index is 13.0. The lowest BCUT2D eigenvalue weighted by Crippen LogP contribution is -2.34. The number of rotatable bonds is 8. The first-order valence-corrected chi connectivity index (χ1v) is 11.5. The Hall–Kier alpha value is -2.11. The van der Waals surface area contributed by atoms with Gasteiger partial charge in [0.05, 0.1) is 23.4 Å². The molecule has 1 atom stereocenters. The van der Waals surface area contributed by atoms with Crippen LogP contribution in [0, 0.1) is 12.8 Å². The Kier molecular flexibility index (Phi) is 7.95. The number of aromatic nitrogens is 1. The number of hydrogen-bond donors (Lipinski definition) is 0. The molecule has 168 valence electrons. The number of carbonyl (C=O) groups excluding carboxylic acids is 1. The van der Waals surface area contributed by atoms with Gasteiger partial charge in [0.15, 0.2) is 0 Å². The van der Waals surface area contributed by atoms with Crippen molar-refractivity contribution in [2.75, 3.05) is 13.7 Å². The van der Waals surface area contributed by atoms with Gasteiger partial charge < -0.3 is 9.30 Å². The summed E-state index contributed by atoms with van der Waals surface area (Å²) in [4.78, 5) is 27.1. The largest absolute Gasteiger partial charge is 0.465 e. The van der Waals surface area contributed by atoms with Crippen LogP contribution in [-0.4, -0.2) is 35.1 Å². The standard InChI is InChI=1S/C25H33ClN2O3/c1-17(2)14-21-6-5-12-27(21)16-23-22(26)15-18(3)24(29)28(23)13-11-19-7-9-20(10-8-19)25(30)31-4/h7-10,15,17,21H,5-6,11-14,16H2,1-4H3/t21-/m1/s1. The third-order valence-electron chi connectivity index (χ3n) is 6.12. The molecule has 1 aromatic carbocycles. The van der Waals surface area contributed by atoms with Gasteiger partial charge in [0.25, 0.3) is 5.56 Å². The molecule has 5 nitrogen and oxygen atoms in total. The molecule has 0 bridgehead atoms. The van der Waals surface area contributed by atoms with Crippen molar-refractivity contribution in [3.8, 4) is 0 Å². The summed E-state index contributed by atoms with van der Waals surface area (Å²) in [7, 11) is 1.37. The van der Waals surface area contributed by atoms with Gasteiger partial charge in [-0.1, -0.05) is 37.6 Å². The van der Waals surface area contributed by atoms with Crippen molar-refractivity contribution in [1.82, 2.24) is 9.47 Å². The number of halogens is 1. The molecule has 1 aliphatic heterocycles. The van der Waals surface area contributed by atoms with Crippen molar-refractivity contribution >= 4 is 17.6 Å². The molecule has 1 aliphatic rings. The van der Waals surface area contributed by atoms with Gasteiger partial charge in [0, 0.05) is 24.7 Å². The molecule has 1 aromatic heterocycles. The highest BCUT2D eigenvalue weighted by Gasteiger charge is 2.27. The topological polar surface area (TPSA) is 51.5 Å². The predicted molar refractivity (Wildman–Crippen MR) is 125 cm³/mol. The second kappa shape index (κ2) is 10.5. The van der Waals surface area contributed by atoms with Crippen LogP contribution in [0.2, 0.25) is 5.02 Å². The average Bonchev–Trinajstić information content (AvgIpc) is 3.17. The summed E-state index contributed by atoms with van der Waals surface area (Å²) in [5.74, 6) is 0.298. The SMILES string of the molecule is COC(=O)c1ccc(CCn2c(CN3CCC[C@@H]3CC(C)C)c(Cl)cc(C)c2=O)cc1. The average molecular weight is 445 g/mol. The maximum Gasteiger partial charge on any atom is 0.337 e. The number of esters is 1. The van der Waals surface area contributed by atoms with Crippen LogP contribution in [-0.2, 0) is 24.2 Å². The Bertz CT molecular complexity index is 966. The highest BCUT2D eigenvalue weighted by Crippen LogP contribution is 2.27. The Morgan fingerprint density at radius 2 is 1.97 bits per heavy atom. The van der Waals surface area contributed by atoms with Gasteiger partial charge >= 0.3 is 5.97 Å². The van der Waals surface area contributed by atoms with Crippen molar-refractivity contribution < 1.29 is 9.53 Å². The normalized spacial score (nSPS) is 16.8. The van der Waals surface area contributed by atoms with Gasteiger partial charge in [-0.15, -0.1) is 0 Å². The van der Waals surface area contributed by atoms with Crippen molar-refractivity contribution in [2.24, 2.45) is 5.92 Å². The minimum Gasteiger partial charge on any atom is -0.465 e. The van der Waals surface area contributed by atoms with Crippen LogP contribution >= 0.6 is 11.6 Å². The minimum absolute atomic E-state index is 0.0187. The number of benzene rings is 1. The number of methoxy groups -OCH3 is 1. The molecule has 0 amide bonds.